The lowest BCUT2D eigenvalue weighted by atomic mass is 9.94. The molecule has 6 heteroatoms. The average Bonchev–Trinajstić information content (AvgIpc) is 3.39. The summed E-state index contributed by atoms with van der Waals surface area (Å²) in [4.78, 5) is 8.87. The summed E-state index contributed by atoms with van der Waals surface area (Å²) in [6.07, 6.45) is 6.73. The van der Waals surface area contributed by atoms with Gasteiger partial charge >= 0.3 is 0 Å². The Balaban J connectivity index is 1.43. The Morgan fingerprint density at radius 3 is 2.86 bits per heavy atom. The molecule has 2 aliphatic rings. The number of hydrogen-bond acceptors (Lipinski definition) is 5. The molecule has 29 heavy (non-hydrogen) atoms. The zero-order valence-electron chi connectivity index (χ0n) is 16.0. The van der Waals surface area contributed by atoms with Crippen LogP contribution in [-0.2, 0) is 12.8 Å². The fourth-order valence-electron chi connectivity index (χ4n) is 4.34. The van der Waals surface area contributed by atoms with E-state index in [1.165, 1.54) is 46.0 Å². The van der Waals surface area contributed by atoms with Crippen LogP contribution in [0.3, 0.4) is 0 Å². The second-order valence-corrected chi connectivity index (χ2v) is 8.68. The highest BCUT2D eigenvalue weighted by molar-refractivity contribution is 7.17. The minimum atomic E-state index is 0.632. The Morgan fingerprint density at radius 1 is 1.03 bits per heavy atom. The van der Waals surface area contributed by atoms with Crippen LogP contribution in [0.1, 0.15) is 28.8 Å². The van der Waals surface area contributed by atoms with Gasteiger partial charge in [0, 0.05) is 21.6 Å². The molecule has 2 N–H and O–H groups in total. The Labute approximate surface area is 173 Å². The van der Waals surface area contributed by atoms with Crippen LogP contribution in [0.5, 0.6) is 0 Å². The Bertz CT molecular complexity index is 1220. The maximum atomic E-state index is 4.99. The molecule has 0 amide bonds. The molecule has 0 spiro atoms. The van der Waals surface area contributed by atoms with Crippen molar-refractivity contribution < 1.29 is 0 Å². The predicted molar refractivity (Wildman–Crippen MR) is 121 cm³/mol. The van der Waals surface area contributed by atoms with Gasteiger partial charge in [0.2, 0.25) is 0 Å². The van der Waals surface area contributed by atoms with Gasteiger partial charge in [0.15, 0.2) is 0 Å². The van der Waals surface area contributed by atoms with E-state index in [0.717, 1.165) is 28.8 Å². The van der Waals surface area contributed by atoms with Crippen LogP contribution in [0.4, 0.5) is 16.4 Å². The summed E-state index contributed by atoms with van der Waals surface area (Å²) in [5.41, 5.74) is 6.09. The molecule has 0 radical (unpaired) electrons. The lowest BCUT2D eigenvalue weighted by molar-refractivity contribution is 0.696. The van der Waals surface area contributed by atoms with E-state index in [2.05, 4.69) is 68.9 Å². The summed E-state index contributed by atoms with van der Waals surface area (Å²) >= 11 is 1.95. The first-order valence-electron chi connectivity index (χ1n) is 10.1. The van der Waals surface area contributed by atoms with Crippen molar-refractivity contribution in [3.63, 3.8) is 0 Å². The third kappa shape index (κ3) is 2.83. The molecule has 1 aliphatic heterocycles. The molecule has 0 fully saturated rings. The normalized spacial score (nSPS) is 15.7. The number of amidine groups is 1. The highest BCUT2D eigenvalue weighted by Crippen LogP contribution is 2.44. The maximum absolute atomic E-state index is 4.99. The van der Waals surface area contributed by atoms with Gasteiger partial charge in [0.25, 0.3) is 0 Å². The number of aromatic nitrogens is 2. The number of nitrogens with zero attached hydrogens (tertiary/aromatic N) is 3. The molecule has 0 unspecified atom stereocenters. The van der Waals surface area contributed by atoms with Gasteiger partial charge in [0.05, 0.1) is 17.3 Å². The van der Waals surface area contributed by atoms with Crippen LogP contribution < -0.4 is 10.2 Å². The van der Waals surface area contributed by atoms with Crippen LogP contribution in [0, 0.1) is 0 Å². The number of nitrogens with one attached hydrogen (secondary N) is 2. The van der Waals surface area contributed by atoms with Gasteiger partial charge in [-0.1, -0.05) is 18.2 Å². The summed E-state index contributed by atoms with van der Waals surface area (Å²) in [6.45, 7) is 0.632. The molecule has 144 valence electrons. The Kier molecular flexibility index (Phi) is 3.90. The monoisotopic (exact) mass is 399 g/mol. The van der Waals surface area contributed by atoms with Crippen molar-refractivity contribution in [3.05, 3.63) is 70.7 Å². The molecule has 2 aromatic heterocycles. The number of anilines is 3. The summed E-state index contributed by atoms with van der Waals surface area (Å²) in [7, 11) is 0. The number of aryl methyl sites for hydroxylation is 1. The molecule has 4 aromatic rings. The lowest BCUT2D eigenvalue weighted by Crippen LogP contribution is -2.28. The summed E-state index contributed by atoms with van der Waals surface area (Å²) in [5.74, 6) is 0.995. The molecule has 0 atom stereocenters. The number of aliphatic imine (C=N–C) groups is 1. The summed E-state index contributed by atoms with van der Waals surface area (Å²) in [6, 6.07) is 16.9. The van der Waals surface area contributed by atoms with E-state index < -0.39 is 0 Å². The first-order valence-corrected chi connectivity index (χ1v) is 10.9. The van der Waals surface area contributed by atoms with Gasteiger partial charge in [-0.15, -0.1) is 11.3 Å². The first-order chi connectivity index (χ1) is 14.4. The maximum Gasteiger partial charge on any atom is 0.137 e. The molecule has 1 aliphatic carbocycles. The van der Waals surface area contributed by atoms with Gasteiger partial charge in [0.1, 0.15) is 17.5 Å². The molecular formula is C23H21N5S. The molecular weight excluding hydrogens is 378 g/mol. The fourth-order valence-corrected chi connectivity index (χ4v) is 5.74. The second kappa shape index (κ2) is 6.74. The third-order valence-corrected chi connectivity index (χ3v) is 7.09. The molecule has 2 aromatic carbocycles. The largest absolute Gasteiger partial charge is 0.340 e. The summed E-state index contributed by atoms with van der Waals surface area (Å²) in [5, 5.41) is 13.2. The van der Waals surface area contributed by atoms with Crippen molar-refractivity contribution in [3.8, 4) is 0 Å². The van der Waals surface area contributed by atoms with Crippen molar-refractivity contribution >= 4 is 44.5 Å². The highest BCUT2D eigenvalue weighted by atomic mass is 32.1. The highest BCUT2D eigenvalue weighted by Gasteiger charge is 2.30. The molecule has 0 bridgehead atoms. The number of benzene rings is 2. The lowest BCUT2D eigenvalue weighted by Gasteiger charge is -2.28. The van der Waals surface area contributed by atoms with Gasteiger partial charge in [-0.25, -0.2) is 4.99 Å². The number of rotatable bonds is 2. The van der Waals surface area contributed by atoms with Crippen molar-refractivity contribution in [2.24, 2.45) is 4.99 Å². The molecule has 0 saturated carbocycles. The minimum absolute atomic E-state index is 0.632. The number of aromatic amines is 1. The van der Waals surface area contributed by atoms with Crippen LogP contribution >= 0.6 is 11.3 Å². The van der Waals surface area contributed by atoms with Crippen LogP contribution in [0.15, 0.2) is 59.7 Å². The quantitative estimate of drug-likeness (QED) is 0.470. The molecule has 5 nitrogen and oxygen atoms in total. The standard InChI is InChI=1S/C23H21N5S/c1-2-6-17(7-3-1)28-14-24-22(21-18-8-4-5-9-20(18)29-23(21)28)26-16-10-11-19-15(12-16)13-25-27-19/h1-3,6-7,10-13H,4-5,8-9,14H2,(H,24,26)(H,25,27). The molecule has 0 saturated heterocycles. The van der Waals surface area contributed by atoms with Gasteiger partial charge in [-0.3, -0.25) is 5.10 Å². The van der Waals surface area contributed by atoms with E-state index in [0.29, 0.717) is 6.67 Å². The van der Waals surface area contributed by atoms with Crippen LogP contribution in [0.2, 0.25) is 0 Å². The predicted octanol–water partition coefficient (Wildman–Crippen LogP) is 5.47. The van der Waals surface area contributed by atoms with Crippen LogP contribution in [0.25, 0.3) is 10.9 Å². The van der Waals surface area contributed by atoms with E-state index in [1.54, 1.807) is 0 Å². The van der Waals surface area contributed by atoms with E-state index in [4.69, 9.17) is 4.99 Å². The SMILES string of the molecule is c1ccc(N2CN=C(Nc3ccc4[nH]ncc4c3)c3c2sc2c3CCCC2)cc1. The number of thiophene rings is 1. The van der Waals surface area contributed by atoms with Crippen molar-refractivity contribution in [2.45, 2.75) is 25.7 Å². The van der Waals surface area contributed by atoms with Crippen LogP contribution in [-0.4, -0.2) is 22.7 Å². The van der Waals surface area contributed by atoms with Gasteiger partial charge in [-0.2, -0.15) is 5.10 Å². The Hall–Kier alpha value is -3.12. The topological polar surface area (TPSA) is 56.3 Å². The average molecular weight is 400 g/mol. The first kappa shape index (κ1) is 16.8. The Morgan fingerprint density at radius 2 is 1.93 bits per heavy atom. The minimum Gasteiger partial charge on any atom is -0.340 e. The fraction of sp³-hybridized carbons (Fsp3) is 0.217. The second-order valence-electron chi connectivity index (χ2n) is 7.60. The zero-order chi connectivity index (χ0) is 19.2. The number of fused-ring (bicyclic) bond motifs is 4. The van der Waals surface area contributed by atoms with E-state index in [-0.39, 0.29) is 0 Å². The van der Waals surface area contributed by atoms with Crippen molar-refractivity contribution in [2.75, 3.05) is 16.9 Å². The molecule has 3 heterocycles. The number of para-hydroxylation sites is 1. The number of H-pyrrole nitrogens is 1. The van der Waals surface area contributed by atoms with E-state index in [1.807, 2.05) is 17.5 Å². The van der Waals surface area contributed by atoms with Gasteiger partial charge < -0.3 is 10.2 Å². The smallest absolute Gasteiger partial charge is 0.137 e. The molecule has 6 rings (SSSR count). The number of hydrogen-bond donors (Lipinski definition) is 2. The summed E-state index contributed by atoms with van der Waals surface area (Å²) < 4.78 is 0. The zero-order valence-corrected chi connectivity index (χ0v) is 16.8. The van der Waals surface area contributed by atoms with Crippen molar-refractivity contribution in [1.82, 2.24) is 10.2 Å². The third-order valence-electron chi connectivity index (χ3n) is 5.78. The van der Waals surface area contributed by atoms with E-state index >= 15 is 0 Å². The van der Waals surface area contributed by atoms with E-state index in [9.17, 15) is 0 Å². The van der Waals surface area contributed by atoms with Crippen molar-refractivity contribution in [1.29, 1.82) is 0 Å². The van der Waals surface area contributed by atoms with Gasteiger partial charge in [-0.05, 0) is 61.6 Å².